The molecule has 1 aromatic heterocycles. The normalized spacial score (nSPS) is 10.7. The molecule has 0 aliphatic heterocycles. The molecular formula is C14H15N3. The van der Waals surface area contributed by atoms with E-state index < -0.39 is 0 Å². The molecule has 0 aliphatic rings. The average molecular weight is 225 g/mol. The molecule has 2 rings (SSSR count). The molecule has 0 saturated carbocycles. The number of hydrogen-bond acceptors (Lipinski definition) is 3. The molecule has 86 valence electrons. The summed E-state index contributed by atoms with van der Waals surface area (Å²) in [6.07, 6.45) is 7.31. The van der Waals surface area contributed by atoms with Crippen LogP contribution < -0.4 is 4.90 Å². The topological polar surface area (TPSA) is 29.0 Å². The van der Waals surface area contributed by atoms with E-state index in [-0.39, 0.29) is 0 Å². The third kappa shape index (κ3) is 3.14. The van der Waals surface area contributed by atoms with E-state index in [4.69, 9.17) is 0 Å². The number of aromatic nitrogens is 2. The van der Waals surface area contributed by atoms with Crippen molar-refractivity contribution in [3.8, 4) is 0 Å². The Morgan fingerprint density at radius 1 is 1.00 bits per heavy atom. The smallest absolute Gasteiger partial charge is 0.115 e. The molecule has 0 bridgehead atoms. The fourth-order valence-electron chi connectivity index (χ4n) is 1.46. The van der Waals surface area contributed by atoms with E-state index >= 15 is 0 Å². The van der Waals surface area contributed by atoms with Crippen LogP contribution >= 0.6 is 0 Å². The van der Waals surface area contributed by atoms with Gasteiger partial charge in [-0.2, -0.15) is 0 Å². The number of rotatable bonds is 3. The van der Waals surface area contributed by atoms with Crippen molar-refractivity contribution in [2.75, 3.05) is 19.0 Å². The molecular weight excluding hydrogens is 210 g/mol. The summed E-state index contributed by atoms with van der Waals surface area (Å²) >= 11 is 0. The van der Waals surface area contributed by atoms with Gasteiger partial charge in [0.1, 0.15) is 6.33 Å². The molecule has 2 aromatic rings. The molecule has 3 nitrogen and oxygen atoms in total. The molecule has 1 heterocycles. The highest BCUT2D eigenvalue weighted by Gasteiger charge is 1.93. The van der Waals surface area contributed by atoms with Gasteiger partial charge in [0.15, 0.2) is 0 Å². The van der Waals surface area contributed by atoms with Crippen LogP contribution in [0, 0.1) is 0 Å². The fraction of sp³-hybridized carbons (Fsp3) is 0.143. The summed E-state index contributed by atoms with van der Waals surface area (Å²) in [7, 11) is 4.07. The van der Waals surface area contributed by atoms with Crippen molar-refractivity contribution in [2.24, 2.45) is 0 Å². The lowest BCUT2D eigenvalue weighted by Crippen LogP contribution is -2.07. The number of nitrogens with zero attached hydrogens (tertiary/aromatic N) is 3. The van der Waals surface area contributed by atoms with Gasteiger partial charge in [0.2, 0.25) is 0 Å². The van der Waals surface area contributed by atoms with Gasteiger partial charge >= 0.3 is 0 Å². The van der Waals surface area contributed by atoms with Crippen molar-refractivity contribution >= 4 is 17.8 Å². The van der Waals surface area contributed by atoms with Crippen LogP contribution in [0.1, 0.15) is 11.3 Å². The molecule has 3 heteroatoms. The SMILES string of the molecule is CN(C)c1ccc(/C=C/c2ccncn2)cc1. The standard InChI is InChI=1S/C14H15N3/c1-17(2)14-7-4-12(5-8-14)3-6-13-9-10-15-11-16-13/h3-11H,1-2H3/b6-3+. The minimum absolute atomic E-state index is 0.914. The van der Waals surface area contributed by atoms with Gasteiger partial charge in [0.25, 0.3) is 0 Å². The Hall–Kier alpha value is -2.16. The first-order chi connectivity index (χ1) is 8.25. The Morgan fingerprint density at radius 3 is 2.35 bits per heavy atom. The van der Waals surface area contributed by atoms with Gasteiger partial charge in [-0.3, -0.25) is 0 Å². The highest BCUT2D eigenvalue weighted by molar-refractivity contribution is 5.68. The Kier molecular flexibility index (Phi) is 3.50. The predicted octanol–water partition coefficient (Wildman–Crippen LogP) is 2.71. The van der Waals surface area contributed by atoms with Crippen molar-refractivity contribution in [1.29, 1.82) is 0 Å². The lowest BCUT2D eigenvalue weighted by atomic mass is 10.2. The number of hydrogen-bond donors (Lipinski definition) is 0. The van der Waals surface area contributed by atoms with Gasteiger partial charge in [0.05, 0.1) is 5.69 Å². The largest absolute Gasteiger partial charge is 0.378 e. The molecule has 0 aliphatic carbocycles. The Labute approximate surface area is 101 Å². The predicted molar refractivity (Wildman–Crippen MR) is 71.7 cm³/mol. The van der Waals surface area contributed by atoms with Crippen LogP contribution in [0.2, 0.25) is 0 Å². The third-order valence-corrected chi connectivity index (χ3v) is 2.46. The molecule has 0 unspecified atom stereocenters. The van der Waals surface area contributed by atoms with Crippen LogP contribution in [0.4, 0.5) is 5.69 Å². The maximum atomic E-state index is 4.13. The second-order valence-corrected chi connectivity index (χ2v) is 3.95. The quantitative estimate of drug-likeness (QED) is 0.804. The Balaban J connectivity index is 2.12. The van der Waals surface area contributed by atoms with Gasteiger partial charge in [-0.05, 0) is 29.8 Å². The summed E-state index contributed by atoms with van der Waals surface area (Å²) in [4.78, 5) is 10.1. The fourth-order valence-corrected chi connectivity index (χ4v) is 1.46. The van der Waals surface area contributed by atoms with Crippen LogP contribution in [-0.2, 0) is 0 Å². The average Bonchev–Trinajstić information content (AvgIpc) is 2.38. The van der Waals surface area contributed by atoms with Crippen LogP contribution in [0.15, 0.2) is 42.9 Å². The highest BCUT2D eigenvalue weighted by Crippen LogP contribution is 2.13. The van der Waals surface area contributed by atoms with Crippen LogP contribution in [-0.4, -0.2) is 24.1 Å². The van der Waals surface area contributed by atoms with Gasteiger partial charge in [0, 0.05) is 26.0 Å². The minimum atomic E-state index is 0.914. The maximum Gasteiger partial charge on any atom is 0.115 e. The maximum absolute atomic E-state index is 4.13. The van der Waals surface area contributed by atoms with E-state index in [9.17, 15) is 0 Å². The molecule has 0 N–H and O–H groups in total. The first-order valence-corrected chi connectivity index (χ1v) is 5.47. The lowest BCUT2D eigenvalue weighted by molar-refractivity contribution is 1.13. The Bertz CT molecular complexity index is 487. The van der Waals surface area contributed by atoms with E-state index in [1.54, 1.807) is 12.5 Å². The summed E-state index contributed by atoms with van der Waals surface area (Å²) in [5.41, 5.74) is 3.27. The molecule has 0 spiro atoms. The van der Waals surface area contributed by atoms with E-state index in [1.165, 1.54) is 5.69 Å². The van der Waals surface area contributed by atoms with Crippen LogP contribution in [0.3, 0.4) is 0 Å². The second kappa shape index (κ2) is 5.25. The number of benzene rings is 1. The van der Waals surface area contributed by atoms with Crippen molar-refractivity contribution in [2.45, 2.75) is 0 Å². The van der Waals surface area contributed by atoms with Crippen molar-refractivity contribution < 1.29 is 0 Å². The van der Waals surface area contributed by atoms with Crippen LogP contribution in [0.5, 0.6) is 0 Å². The first kappa shape index (κ1) is 11.3. The molecule has 0 amide bonds. The zero-order valence-electron chi connectivity index (χ0n) is 10.0. The molecule has 17 heavy (non-hydrogen) atoms. The Morgan fingerprint density at radius 2 is 1.76 bits per heavy atom. The van der Waals surface area contributed by atoms with Crippen molar-refractivity contribution in [3.63, 3.8) is 0 Å². The van der Waals surface area contributed by atoms with E-state index in [2.05, 4.69) is 39.1 Å². The molecule has 0 atom stereocenters. The van der Waals surface area contributed by atoms with Crippen LogP contribution in [0.25, 0.3) is 12.2 Å². The third-order valence-electron chi connectivity index (χ3n) is 2.46. The van der Waals surface area contributed by atoms with Crippen molar-refractivity contribution in [3.05, 3.63) is 54.1 Å². The molecule has 0 fully saturated rings. The molecule has 0 radical (unpaired) electrons. The summed E-state index contributed by atoms with van der Waals surface area (Å²) in [6.45, 7) is 0. The first-order valence-electron chi connectivity index (χ1n) is 5.47. The van der Waals surface area contributed by atoms with Gasteiger partial charge in [-0.1, -0.05) is 18.2 Å². The lowest BCUT2D eigenvalue weighted by Gasteiger charge is -2.11. The van der Waals surface area contributed by atoms with E-state index in [1.807, 2.05) is 32.3 Å². The summed E-state index contributed by atoms with van der Waals surface area (Å²) in [5, 5.41) is 0. The summed E-state index contributed by atoms with van der Waals surface area (Å²) < 4.78 is 0. The van der Waals surface area contributed by atoms with Gasteiger partial charge in [-0.15, -0.1) is 0 Å². The van der Waals surface area contributed by atoms with E-state index in [0.29, 0.717) is 0 Å². The van der Waals surface area contributed by atoms with Gasteiger partial charge < -0.3 is 4.90 Å². The molecule has 0 saturated heterocycles. The zero-order chi connectivity index (χ0) is 12.1. The highest BCUT2D eigenvalue weighted by atomic mass is 15.1. The monoisotopic (exact) mass is 225 g/mol. The van der Waals surface area contributed by atoms with Gasteiger partial charge in [-0.25, -0.2) is 9.97 Å². The summed E-state index contributed by atoms with van der Waals surface area (Å²) in [5.74, 6) is 0. The summed E-state index contributed by atoms with van der Waals surface area (Å²) in [6, 6.07) is 10.3. The molecule has 1 aromatic carbocycles. The second-order valence-electron chi connectivity index (χ2n) is 3.95. The van der Waals surface area contributed by atoms with Crippen molar-refractivity contribution in [1.82, 2.24) is 9.97 Å². The number of anilines is 1. The van der Waals surface area contributed by atoms with E-state index in [0.717, 1.165) is 11.3 Å². The zero-order valence-corrected chi connectivity index (χ0v) is 10.0. The minimum Gasteiger partial charge on any atom is -0.378 e.